The molecule has 0 aromatic rings. The molecule has 0 aliphatic carbocycles. The van der Waals surface area contributed by atoms with Gasteiger partial charge in [0, 0.05) is 78.0 Å². The Kier molecular flexibility index (Phi) is 33.9. The fourth-order valence-electron chi connectivity index (χ4n) is 7.14. The Bertz CT molecular complexity index is 1240. The number of ether oxygens (including phenoxy) is 15. The van der Waals surface area contributed by atoms with E-state index in [1.807, 2.05) is 13.8 Å². The number of methoxy groups -OCH3 is 10. The lowest BCUT2D eigenvalue weighted by atomic mass is 9.96. The van der Waals surface area contributed by atoms with Gasteiger partial charge in [-0.15, -0.1) is 0 Å². The molecule has 19 atom stereocenters. The topological polar surface area (TPSA) is 346 Å². The average Bonchev–Trinajstić information content (AvgIpc) is 3.61. The highest BCUT2D eigenvalue weighted by Gasteiger charge is 2.48. The minimum atomic E-state index is -1.04. The van der Waals surface area contributed by atoms with E-state index in [1.165, 1.54) is 70.9 Å². The quantitative estimate of drug-likeness (QED) is 0.0378. The van der Waals surface area contributed by atoms with Gasteiger partial charge in [0.05, 0.1) is 32.5 Å². The second kappa shape index (κ2) is 35.1. The molecule has 4 aliphatic rings. The maximum absolute atomic E-state index is 11.1. The molecule has 26 nitrogen and oxygen atoms in total. The lowest BCUT2D eigenvalue weighted by Gasteiger charge is -2.43. The largest absolute Gasteiger partial charge is 0.711 e. The van der Waals surface area contributed by atoms with Crippen molar-refractivity contribution in [3.05, 3.63) is 5.53 Å². The van der Waals surface area contributed by atoms with E-state index in [-0.39, 0.29) is 31.3 Å². The summed E-state index contributed by atoms with van der Waals surface area (Å²) in [6.07, 6.45) is -10.5. The van der Waals surface area contributed by atoms with Crippen LogP contribution in [0.4, 0.5) is 0 Å². The van der Waals surface area contributed by atoms with Crippen LogP contribution < -0.4 is 11.1 Å². The molecule has 386 valence electrons. The Hall–Kier alpha value is -2.10. The van der Waals surface area contributed by atoms with Crippen LogP contribution in [0.15, 0.2) is 5.11 Å². The fourth-order valence-corrected chi connectivity index (χ4v) is 7.14. The number of hydrogen-bond acceptors (Lipinski definition) is 24. The summed E-state index contributed by atoms with van der Waals surface area (Å²) in [5.41, 5.74) is 14.5. The summed E-state index contributed by atoms with van der Waals surface area (Å²) in [4.78, 5) is 21.6. The molecule has 4 aliphatic heterocycles. The summed E-state index contributed by atoms with van der Waals surface area (Å²) in [6.45, 7) is 5.79. The minimum Gasteiger partial charge on any atom is -0.711 e. The van der Waals surface area contributed by atoms with Crippen LogP contribution in [0, 0.1) is 0 Å². The summed E-state index contributed by atoms with van der Waals surface area (Å²) < 4.78 is 76.9. The molecule has 0 aromatic heterocycles. The van der Waals surface area contributed by atoms with Gasteiger partial charge in [0.2, 0.25) is 5.91 Å². The molecule has 0 radical (unpaired) electrons. The van der Waals surface area contributed by atoms with Crippen molar-refractivity contribution < 1.29 is 106 Å². The zero-order valence-corrected chi connectivity index (χ0v) is 39.7. The van der Waals surface area contributed by atoms with Crippen LogP contribution in [0.5, 0.6) is 0 Å². The zero-order chi connectivity index (χ0) is 49.8. The molecule has 0 saturated carbocycles. The fraction of sp³-hybridized carbons (Fsp3) is 0.949. The third kappa shape index (κ3) is 18.7. The molecule has 0 aromatic carbocycles. The standard InChI is InChI=1S/C11H21NO7.C9H17N2O5.C9H19NO5.C8H14O5.C2H6/c1-6(14)12-8-9(15)10(17-3)7(4-16-2)19-11(8)18-5-13;1-13-4-5-8(14-2)7(12)6(11-10)9(15-3)16-5;1-12-4-5-8(13-2)7(11)6(10)9(14-3)15-5;1-11-4-6-8(12-2)7(10)5(3-9)13-6;1-2/h7-11,13,15H,4-5H2,1-3H3,(H,12,14);5-9,12H,4H2,1-3H3;5-9,11H,4,10H2,1-3H3;3,5-8,10H,4H2,1-2H3;1-2H3/q;-1;;;. The maximum Gasteiger partial charge on any atom is 0.217 e. The third-order valence-corrected chi connectivity index (χ3v) is 10.2. The maximum atomic E-state index is 11.1. The summed E-state index contributed by atoms with van der Waals surface area (Å²) >= 11 is 0. The van der Waals surface area contributed by atoms with Crippen LogP contribution in [0.1, 0.15) is 20.8 Å². The molecule has 8 N–H and O–H groups in total. The van der Waals surface area contributed by atoms with E-state index in [0.29, 0.717) is 19.5 Å². The second-order valence-electron chi connectivity index (χ2n) is 14.2. The first-order valence-electron chi connectivity index (χ1n) is 20.6. The summed E-state index contributed by atoms with van der Waals surface area (Å²) in [6, 6.07) is -2.33. The predicted molar refractivity (Wildman–Crippen MR) is 224 cm³/mol. The number of aldehydes is 1. The molecule has 4 heterocycles. The smallest absolute Gasteiger partial charge is 0.217 e. The number of nitrogens with one attached hydrogen (secondary N) is 1. The van der Waals surface area contributed by atoms with E-state index < -0.39 is 111 Å². The highest BCUT2D eigenvalue weighted by Crippen LogP contribution is 2.27. The third-order valence-electron chi connectivity index (χ3n) is 10.2. The molecule has 4 saturated heterocycles. The molecule has 26 heteroatoms. The number of amides is 1. The minimum absolute atomic E-state index is 0.188. The Balaban J connectivity index is 0.000000835. The highest BCUT2D eigenvalue weighted by atomic mass is 16.7. The summed E-state index contributed by atoms with van der Waals surface area (Å²) in [5, 5.41) is 54.0. The first kappa shape index (κ1) is 62.9. The SMILES string of the molecule is CC.COCC1OC(C=O)C(O)C1OC.COCC1OC(OC)C(N)C(O)C1OC.COCC1OC(OC)C(N=[N-])C(O)C1OC.COCC1OC(OCO)C(NC(C)=O)C(O)C1OC. The van der Waals surface area contributed by atoms with Crippen molar-refractivity contribution in [2.45, 2.75) is 137 Å². The van der Waals surface area contributed by atoms with Crippen molar-refractivity contribution in [1.82, 2.24) is 5.32 Å². The Morgan fingerprint density at radius 1 is 0.615 bits per heavy atom. The van der Waals surface area contributed by atoms with Crippen LogP contribution in [0.3, 0.4) is 0 Å². The molecule has 19 unspecified atom stereocenters. The van der Waals surface area contributed by atoms with Crippen molar-refractivity contribution >= 4 is 12.2 Å². The van der Waals surface area contributed by atoms with Gasteiger partial charge in [0.15, 0.2) is 25.2 Å². The average molecular weight is 954 g/mol. The van der Waals surface area contributed by atoms with Crippen LogP contribution in [0.25, 0.3) is 5.53 Å². The van der Waals surface area contributed by atoms with Gasteiger partial charge in [-0.1, -0.05) is 13.8 Å². The summed E-state index contributed by atoms with van der Waals surface area (Å²) in [7, 11) is 14.8. The summed E-state index contributed by atoms with van der Waals surface area (Å²) in [5.74, 6) is -0.348. The number of carbonyl (C=O) groups is 2. The van der Waals surface area contributed by atoms with Crippen molar-refractivity contribution in [1.29, 1.82) is 0 Å². The molecule has 4 rings (SSSR count). The van der Waals surface area contributed by atoms with Crippen molar-refractivity contribution in [3.8, 4) is 0 Å². The molecule has 4 fully saturated rings. The van der Waals surface area contributed by atoms with E-state index in [0.717, 1.165) is 0 Å². The van der Waals surface area contributed by atoms with Gasteiger partial charge >= 0.3 is 0 Å². The van der Waals surface area contributed by atoms with E-state index >= 15 is 0 Å². The Morgan fingerprint density at radius 2 is 1.00 bits per heavy atom. The van der Waals surface area contributed by atoms with Crippen LogP contribution in [-0.2, 0) is 80.6 Å². The number of nitrogens with zero attached hydrogens (tertiary/aromatic N) is 2. The van der Waals surface area contributed by atoms with Gasteiger partial charge < -0.3 is 123 Å². The van der Waals surface area contributed by atoms with Crippen LogP contribution in [0.2, 0.25) is 0 Å². The normalized spacial score (nSPS) is 37.6. The number of rotatable bonds is 19. The molecule has 65 heavy (non-hydrogen) atoms. The van der Waals surface area contributed by atoms with E-state index in [4.69, 9.17) is 87.4 Å². The van der Waals surface area contributed by atoms with Crippen molar-refractivity contribution in [2.75, 3.05) is 104 Å². The number of hydrogen-bond donors (Lipinski definition) is 7. The number of aliphatic hydroxyl groups is 5. The lowest BCUT2D eigenvalue weighted by molar-refractivity contribution is -0.288. The zero-order valence-electron chi connectivity index (χ0n) is 39.7. The predicted octanol–water partition coefficient (Wildman–Crippen LogP) is -3.32. The molecule has 1 amide bonds. The lowest BCUT2D eigenvalue weighted by Crippen LogP contribution is -2.65. The van der Waals surface area contributed by atoms with Crippen molar-refractivity contribution in [3.63, 3.8) is 0 Å². The van der Waals surface area contributed by atoms with Gasteiger partial charge in [-0.3, -0.25) is 4.79 Å². The van der Waals surface area contributed by atoms with Crippen LogP contribution in [-0.4, -0.2) is 258 Å². The van der Waals surface area contributed by atoms with Crippen LogP contribution >= 0.6 is 0 Å². The number of carbonyl (C=O) groups excluding carboxylic acids is 2. The van der Waals surface area contributed by atoms with Gasteiger partial charge in [0.25, 0.3) is 0 Å². The highest BCUT2D eigenvalue weighted by molar-refractivity contribution is 5.73. The van der Waals surface area contributed by atoms with E-state index in [2.05, 4.69) is 10.4 Å². The van der Waals surface area contributed by atoms with Crippen molar-refractivity contribution in [2.24, 2.45) is 10.8 Å². The van der Waals surface area contributed by atoms with Gasteiger partial charge in [-0.05, 0) is 0 Å². The van der Waals surface area contributed by atoms with E-state index in [9.17, 15) is 30.0 Å². The monoisotopic (exact) mass is 954 g/mol. The molecular formula is C39H77N4O22-. The number of aliphatic hydroxyl groups excluding tert-OH is 5. The van der Waals surface area contributed by atoms with E-state index in [1.54, 1.807) is 7.11 Å². The molecular weight excluding hydrogens is 876 g/mol. The number of nitrogens with two attached hydrogens (primary N) is 1. The Morgan fingerprint density at radius 3 is 1.37 bits per heavy atom. The molecule has 0 spiro atoms. The first-order valence-corrected chi connectivity index (χ1v) is 20.6. The Labute approximate surface area is 381 Å². The second-order valence-corrected chi connectivity index (χ2v) is 14.2. The molecule has 0 bridgehead atoms. The first-order chi connectivity index (χ1) is 31.1. The van der Waals surface area contributed by atoms with Gasteiger partial charge in [0.1, 0.15) is 98.2 Å². The van der Waals surface area contributed by atoms with Gasteiger partial charge in [-0.25, -0.2) is 0 Å². The van der Waals surface area contributed by atoms with Gasteiger partial charge in [-0.2, -0.15) is 0 Å².